The normalized spacial score (nSPS) is 19.4. The second-order valence-electron chi connectivity index (χ2n) is 5.24. The van der Waals surface area contributed by atoms with E-state index in [-0.39, 0.29) is 17.0 Å². The summed E-state index contributed by atoms with van der Waals surface area (Å²) in [4.78, 5) is 0. The van der Waals surface area contributed by atoms with Crippen molar-refractivity contribution < 1.29 is 8.42 Å². The maximum atomic E-state index is 11.5. The number of rotatable bonds is 0. The third kappa shape index (κ3) is 1.81. The van der Waals surface area contributed by atoms with Crippen LogP contribution in [0.2, 0.25) is 0 Å². The first-order valence-corrected chi connectivity index (χ1v) is 7.10. The topological polar surface area (TPSA) is 78.0 Å². The zero-order valence-corrected chi connectivity index (χ0v) is 10.6. The standard InChI is InChI=1S/C10H17N3O2S/c1-10(2,3)13-8-4-5-16(14,15)6-7(8)9(11)12-13/h4-6H2,1-3H3,(H2,11,12). The predicted octanol–water partition coefficient (Wildman–Crippen LogP) is 0.691. The average molecular weight is 243 g/mol. The van der Waals surface area contributed by atoms with Crippen LogP contribution in [0.4, 0.5) is 5.82 Å². The Morgan fingerprint density at radius 1 is 1.38 bits per heavy atom. The highest BCUT2D eigenvalue weighted by atomic mass is 32.2. The van der Waals surface area contributed by atoms with E-state index in [0.717, 1.165) is 5.69 Å². The van der Waals surface area contributed by atoms with Gasteiger partial charge < -0.3 is 5.73 Å². The van der Waals surface area contributed by atoms with Crippen molar-refractivity contribution in [1.82, 2.24) is 9.78 Å². The summed E-state index contributed by atoms with van der Waals surface area (Å²) in [6.45, 7) is 6.09. The van der Waals surface area contributed by atoms with Crippen LogP contribution in [0.1, 0.15) is 32.0 Å². The summed E-state index contributed by atoms with van der Waals surface area (Å²) in [5.41, 5.74) is 7.29. The summed E-state index contributed by atoms with van der Waals surface area (Å²) in [7, 11) is -2.98. The largest absolute Gasteiger partial charge is 0.382 e. The Balaban J connectivity index is 2.58. The summed E-state index contributed by atoms with van der Waals surface area (Å²) in [5, 5.41) is 4.26. The van der Waals surface area contributed by atoms with Crippen molar-refractivity contribution >= 4 is 15.7 Å². The van der Waals surface area contributed by atoms with Crippen LogP contribution in [0.5, 0.6) is 0 Å². The first-order chi connectivity index (χ1) is 7.21. The van der Waals surface area contributed by atoms with Gasteiger partial charge in [-0.05, 0) is 20.8 Å². The summed E-state index contributed by atoms with van der Waals surface area (Å²) in [6.07, 6.45) is 0.513. The minimum atomic E-state index is -2.98. The third-order valence-corrected chi connectivity index (χ3v) is 4.33. The molecule has 5 nitrogen and oxygen atoms in total. The van der Waals surface area contributed by atoms with E-state index in [1.165, 1.54) is 0 Å². The predicted molar refractivity (Wildman–Crippen MR) is 62.8 cm³/mol. The number of sulfone groups is 1. The lowest BCUT2D eigenvalue weighted by Crippen LogP contribution is -2.28. The second kappa shape index (κ2) is 3.23. The van der Waals surface area contributed by atoms with Crippen LogP contribution in [0.25, 0.3) is 0 Å². The maximum absolute atomic E-state index is 11.5. The lowest BCUT2D eigenvalue weighted by atomic mass is 10.1. The number of nitrogens with two attached hydrogens (primary N) is 1. The van der Waals surface area contributed by atoms with Gasteiger partial charge in [-0.15, -0.1) is 0 Å². The number of aromatic nitrogens is 2. The molecule has 0 amide bonds. The molecule has 0 fully saturated rings. The Kier molecular flexibility index (Phi) is 2.31. The van der Waals surface area contributed by atoms with Crippen LogP contribution in [-0.2, 0) is 27.5 Å². The first-order valence-electron chi connectivity index (χ1n) is 5.28. The van der Waals surface area contributed by atoms with Gasteiger partial charge in [-0.3, -0.25) is 4.68 Å². The fourth-order valence-electron chi connectivity index (χ4n) is 2.02. The lowest BCUT2D eigenvalue weighted by Gasteiger charge is -2.24. The minimum Gasteiger partial charge on any atom is -0.382 e. The summed E-state index contributed by atoms with van der Waals surface area (Å²) in [5.74, 6) is 0.582. The summed E-state index contributed by atoms with van der Waals surface area (Å²) >= 11 is 0. The van der Waals surface area contributed by atoms with E-state index in [0.29, 0.717) is 17.8 Å². The van der Waals surface area contributed by atoms with Crippen molar-refractivity contribution in [3.8, 4) is 0 Å². The Morgan fingerprint density at radius 3 is 2.56 bits per heavy atom. The van der Waals surface area contributed by atoms with Crippen molar-refractivity contribution in [1.29, 1.82) is 0 Å². The molecule has 0 unspecified atom stereocenters. The lowest BCUT2D eigenvalue weighted by molar-refractivity contribution is 0.344. The molecule has 16 heavy (non-hydrogen) atoms. The Hall–Kier alpha value is -1.04. The molecule has 2 rings (SSSR count). The molecule has 6 heteroatoms. The van der Waals surface area contributed by atoms with E-state index in [9.17, 15) is 8.42 Å². The SMILES string of the molecule is CC(C)(C)n1nc(N)c2c1CCS(=O)(=O)C2. The molecular weight excluding hydrogens is 226 g/mol. The molecule has 0 aromatic carbocycles. The van der Waals surface area contributed by atoms with E-state index in [2.05, 4.69) is 5.10 Å². The van der Waals surface area contributed by atoms with Gasteiger partial charge >= 0.3 is 0 Å². The molecule has 0 saturated heterocycles. The van der Waals surface area contributed by atoms with Crippen molar-refractivity contribution in [2.45, 2.75) is 38.5 Å². The number of nitrogens with zero attached hydrogens (tertiary/aromatic N) is 2. The van der Waals surface area contributed by atoms with Crippen molar-refractivity contribution in [2.75, 3.05) is 11.5 Å². The number of hydrogen-bond donors (Lipinski definition) is 1. The molecule has 1 aliphatic rings. The number of hydrogen-bond acceptors (Lipinski definition) is 4. The molecule has 2 heterocycles. The molecule has 0 spiro atoms. The van der Waals surface area contributed by atoms with Gasteiger partial charge in [0.25, 0.3) is 0 Å². The highest BCUT2D eigenvalue weighted by molar-refractivity contribution is 7.90. The molecule has 0 atom stereocenters. The van der Waals surface area contributed by atoms with Crippen LogP contribution in [-0.4, -0.2) is 24.0 Å². The van der Waals surface area contributed by atoms with Crippen LogP contribution < -0.4 is 5.73 Å². The van der Waals surface area contributed by atoms with E-state index in [1.807, 2.05) is 25.5 Å². The van der Waals surface area contributed by atoms with Gasteiger partial charge in [0.15, 0.2) is 9.84 Å². The number of fused-ring (bicyclic) bond motifs is 1. The van der Waals surface area contributed by atoms with Crippen molar-refractivity contribution in [3.63, 3.8) is 0 Å². The molecule has 1 aromatic heterocycles. The Morgan fingerprint density at radius 2 is 2.00 bits per heavy atom. The number of nitrogen functional groups attached to an aromatic ring is 1. The monoisotopic (exact) mass is 243 g/mol. The van der Waals surface area contributed by atoms with Gasteiger partial charge in [-0.2, -0.15) is 5.10 Å². The van der Waals surface area contributed by atoms with Gasteiger partial charge in [0.2, 0.25) is 0 Å². The van der Waals surface area contributed by atoms with Gasteiger partial charge in [-0.1, -0.05) is 0 Å². The van der Waals surface area contributed by atoms with E-state index in [1.54, 1.807) is 0 Å². The molecule has 1 aliphatic heterocycles. The average Bonchev–Trinajstić information content (AvgIpc) is 2.41. The molecule has 90 valence electrons. The summed E-state index contributed by atoms with van der Waals surface area (Å²) in [6, 6.07) is 0. The fourth-order valence-corrected chi connectivity index (χ4v) is 3.42. The Bertz CT molecular complexity index is 523. The molecule has 2 N–H and O–H groups in total. The molecular formula is C10H17N3O2S. The quantitative estimate of drug-likeness (QED) is 0.727. The molecule has 1 aromatic rings. The third-order valence-electron chi connectivity index (χ3n) is 2.77. The van der Waals surface area contributed by atoms with Gasteiger partial charge in [-0.25, -0.2) is 8.42 Å². The Labute approximate surface area is 95.6 Å². The second-order valence-corrected chi connectivity index (χ2v) is 7.42. The molecule has 0 saturated carbocycles. The number of anilines is 1. The van der Waals surface area contributed by atoms with Crippen LogP contribution in [0, 0.1) is 0 Å². The van der Waals surface area contributed by atoms with Crippen molar-refractivity contribution in [2.24, 2.45) is 0 Å². The van der Waals surface area contributed by atoms with E-state index < -0.39 is 9.84 Å². The van der Waals surface area contributed by atoms with Crippen LogP contribution in [0.3, 0.4) is 0 Å². The van der Waals surface area contributed by atoms with E-state index in [4.69, 9.17) is 5.73 Å². The van der Waals surface area contributed by atoms with Gasteiger partial charge in [0.05, 0.1) is 17.0 Å². The first kappa shape index (κ1) is 11.4. The zero-order valence-electron chi connectivity index (χ0n) is 9.82. The maximum Gasteiger partial charge on any atom is 0.155 e. The molecule has 0 bridgehead atoms. The minimum absolute atomic E-state index is 0.0320. The van der Waals surface area contributed by atoms with Crippen LogP contribution in [0.15, 0.2) is 0 Å². The molecule has 0 radical (unpaired) electrons. The van der Waals surface area contributed by atoms with E-state index >= 15 is 0 Å². The summed E-state index contributed by atoms with van der Waals surface area (Å²) < 4.78 is 24.9. The van der Waals surface area contributed by atoms with Gasteiger partial charge in [0.1, 0.15) is 5.82 Å². The highest BCUT2D eigenvalue weighted by Gasteiger charge is 2.30. The smallest absolute Gasteiger partial charge is 0.155 e. The van der Waals surface area contributed by atoms with Gasteiger partial charge in [0, 0.05) is 17.7 Å². The fraction of sp³-hybridized carbons (Fsp3) is 0.700. The zero-order chi connectivity index (χ0) is 12.1. The van der Waals surface area contributed by atoms with Crippen LogP contribution >= 0.6 is 0 Å². The van der Waals surface area contributed by atoms with Crippen molar-refractivity contribution in [3.05, 3.63) is 11.3 Å². The molecule has 0 aliphatic carbocycles. The highest BCUT2D eigenvalue weighted by Crippen LogP contribution is 2.29.